The van der Waals surface area contributed by atoms with E-state index in [0.717, 1.165) is 17.8 Å². The Balaban J connectivity index is 1.73. The number of amides is 3. The molecule has 0 saturated heterocycles. The van der Waals surface area contributed by atoms with Crippen LogP contribution in [-0.2, 0) is 11.2 Å². The van der Waals surface area contributed by atoms with Crippen molar-refractivity contribution in [3.63, 3.8) is 0 Å². The monoisotopic (exact) mass is 343 g/mol. The maximum absolute atomic E-state index is 11.8. The van der Waals surface area contributed by atoms with Crippen LogP contribution >= 0.6 is 0 Å². The van der Waals surface area contributed by atoms with E-state index in [1.165, 1.54) is 0 Å². The van der Waals surface area contributed by atoms with Gasteiger partial charge >= 0.3 is 6.03 Å². The van der Waals surface area contributed by atoms with Crippen LogP contribution in [0.1, 0.15) is 26.0 Å². The maximum Gasteiger partial charge on any atom is 0.315 e. The fraction of sp³-hybridized carbons (Fsp3) is 0.389. The van der Waals surface area contributed by atoms with Crippen molar-refractivity contribution in [1.82, 2.24) is 25.7 Å². The summed E-state index contributed by atoms with van der Waals surface area (Å²) in [5, 5.41) is 12.6. The van der Waals surface area contributed by atoms with Crippen LogP contribution in [0.2, 0.25) is 0 Å². The highest BCUT2D eigenvalue weighted by Gasteiger charge is 2.14. The Morgan fingerprint density at radius 1 is 1.12 bits per heavy atom. The molecular weight excluding hydrogens is 318 g/mol. The lowest BCUT2D eigenvalue weighted by Gasteiger charge is -2.14. The first-order valence-electron chi connectivity index (χ1n) is 8.52. The molecule has 2 aromatic rings. The van der Waals surface area contributed by atoms with Gasteiger partial charge in [0.05, 0.1) is 11.4 Å². The van der Waals surface area contributed by atoms with Gasteiger partial charge in [0.25, 0.3) is 0 Å². The summed E-state index contributed by atoms with van der Waals surface area (Å²) in [4.78, 5) is 23.5. The summed E-state index contributed by atoms with van der Waals surface area (Å²) in [5.41, 5.74) is 1.88. The number of para-hydroxylation sites is 1. The van der Waals surface area contributed by atoms with Crippen LogP contribution < -0.4 is 16.0 Å². The fourth-order valence-electron chi connectivity index (χ4n) is 2.24. The number of urea groups is 1. The van der Waals surface area contributed by atoms with Crippen LogP contribution in [0.25, 0.3) is 5.69 Å². The summed E-state index contributed by atoms with van der Waals surface area (Å²) in [5.74, 6) is -0.182. The van der Waals surface area contributed by atoms with Crippen molar-refractivity contribution < 1.29 is 9.59 Å². The quantitative estimate of drug-likeness (QED) is 0.681. The van der Waals surface area contributed by atoms with Crippen LogP contribution in [0.3, 0.4) is 0 Å². The van der Waals surface area contributed by atoms with Gasteiger partial charge in [0.1, 0.15) is 6.04 Å². The minimum Gasteiger partial charge on any atom is -0.354 e. The van der Waals surface area contributed by atoms with Crippen molar-refractivity contribution >= 4 is 11.9 Å². The summed E-state index contributed by atoms with van der Waals surface area (Å²) in [6.07, 6.45) is 3.37. The number of hydrogen-bond donors (Lipinski definition) is 3. The van der Waals surface area contributed by atoms with E-state index in [4.69, 9.17) is 0 Å². The Kier molecular flexibility index (Phi) is 7.00. The third kappa shape index (κ3) is 5.95. The van der Waals surface area contributed by atoms with Gasteiger partial charge in [-0.2, -0.15) is 5.10 Å². The van der Waals surface area contributed by atoms with E-state index in [1.54, 1.807) is 11.6 Å². The van der Waals surface area contributed by atoms with Gasteiger partial charge in [-0.25, -0.2) is 9.48 Å². The third-order valence-corrected chi connectivity index (χ3v) is 3.62. The molecule has 0 spiro atoms. The molecule has 0 bridgehead atoms. The highest BCUT2D eigenvalue weighted by Crippen LogP contribution is 2.06. The number of rotatable bonds is 8. The van der Waals surface area contributed by atoms with Crippen LogP contribution in [0.4, 0.5) is 4.79 Å². The van der Waals surface area contributed by atoms with Crippen molar-refractivity contribution in [2.45, 2.75) is 32.7 Å². The Morgan fingerprint density at radius 3 is 2.60 bits per heavy atom. The molecule has 134 valence electrons. The molecule has 0 saturated carbocycles. The summed E-state index contributed by atoms with van der Waals surface area (Å²) in [6.45, 7) is 4.69. The molecule has 3 amide bonds. The Bertz CT molecular complexity index is 684. The SMILES string of the molecule is CCCNC(=O)[C@@H](C)NC(=O)NCCc1ccn(-c2ccccc2)n1. The zero-order valence-electron chi connectivity index (χ0n) is 14.7. The standard InChI is InChI=1S/C18H25N5O2/c1-3-11-19-17(24)14(2)21-18(25)20-12-9-15-10-13-23(22-15)16-7-5-4-6-8-16/h4-8,10,13-14H,3,9,11-12H2,1-2H3,(H,19,24)(H2,20,21,25)/t14-/m1/s1. The summed E-state index contributed by atoms with van der Waals surface area (Å²) >= 11 is 0. The van der Waals surface area contributed by atoms with Crippen LogP contribution in [0, 0.1) is 0 Å². The molecule has 0 aliphatic carbocycles. The van der Waals surface area contributed by atoms with Gasteiger partial charge in [-0.3, -0.25) is 4.79 Å². The highest BCUT2D eigenvalue weighted by molar-refractivity contribution is 5.86. The van der Waals surface area contributed by atoms with Gasteiger partial charge < -0.3 is 16.0 Å². The lowest BCUT2D eigenvalue weighted by molar-refractivity contribution is -0.122. The van der Waals surface area contributed by atoms with E-state index in [9.17, 15) is 9.59 Å². The Morgan fingerprint density at radius 2 is 1.88 bits per heavy atom. The summed E-state index contributed by atoms with van der Waals surface area (Å²) < 4.78 is 1.80. The molecule has 1 aromatic carbocycles. The largest absolute Gasteiger partial charge is 0.354 e. The lowest BCUT2D eigenvalue weighted by atomic mass is 10.3. The van der Waals surface area contributed by atoms with Gasteiger partial charge in [0.15, 0.2) is 0 Å². The van der Waals surface area contributed by atoms with Gasteiger partial charge in [0.2, 0.25) is 5.91 Å². The Hall–Kier alpha value is -2.83. The number of nitrogens with zero attached hydrogens (tertiary/aromatic N) is 2. The third-order valence-electron chi connectivity index (χ3n) is 3.62. The van der Waals surface area contributed by atoms with Crippen LogP contribution in [-0.4, -0.2) is 40.9 Å². The van der Waals surface area contributed by atoms with Gasteiger partial charge in [-0.1, -0.05) is 25.1 Å². The molecular formula is C18H25N5O2. The molecule has 7 heteroatoms. The second kappa shape index (κ2) is 9.46. The molecule has 1 heterocycles. The molecule has 7 nitrogen and oxygen atoms in total. The normalized spacial score (nSPS) is 11.6. The average molecular weight is 343 g/mol. The van der Waals surface area contributed by atoms with Crippen molar-refractivity contribution in [1.29, 1.82) is 0 Å². The minimum atomic E-state index is -0.566. The first-order valence-corrected chi connectivity index (χ1v) is 8.52. The summed E-state index contributed by atoms with van der Waals surface area (Å²) in [6, 6.07) is 10.8. The predicted molar refractivity (Wildman–Crippen MR) is 96.6 cm³/mol. The predicted octanol–water partition coefficient (Wildman–Crippen LogP) is 1.63. The highest BCUT2D eigenvalue weighted by atomic mass is 16.2. The van der Waals surface area contributed by atoms with Gasteiger partial charge in [-0.05, 0) is 31.5 Å². The number of carbonyl (C=O) groups is 2. The lowest BCUT2D eigenvalue weighted by Crippen LogP contribution is -2.48. The van der Waals surface area contributed by atoms with Crippen molar-refractivity contribution in [3.8, 4) is 5.69 Å². The van der Waals surface area contributed by atoms with E-state index >= 15 is 0 Å². The molecule has 0 aliphatic heterocycles. The van der Waals surface area contributed by atoms with Crippen molar-refractivity contribution in [2.75, 3.05) is 13.1 Å². The molecule has 1 atom stereocenters. The molecule has 0 radical (unpaired) electrons. The zero-order chi connectivity index (χ0) is 18.1. The maximum atomic E-state index is 11.8. The molecule has 3 N–H and O–H groups in total. The average Bonchev–Trinajstić information content (AvgIpc) is 3.09. The second-order valence-electron chi connectivity index (χ2n) is 5.75. The van der Waals surface area contributed by atoms with Gasteiger partial charge in [0, 0.05) is 25.7 Å². The molecule has 0 fully saturated rings. The number of aromatic nitrogens is 2. The smallest absolute Gasteiger partial charge is 0.315 e. The minimum absolute atomic E-state index is 0.182. The molecule has 0 aliphatic rings. The number of carbonyl (C=O) groups excluding carboxylic acids is 2. The van der Waals surface area contributed by atoms with Crippen LogP contribution in [0.15, 0.2) is 42.6 Å². The van der Waals surface area contributed by atoms with Gasteiger partial charge in [-0.15, -0.1) is 0 Å². The fourth-order valence-corrected chi connectivity index (χ4v) is 2.24. The first kappa shape index (κ1) is 18.5. The van der Waals surface area contributed by atoms with E-state index in [1.807, 2.05) is 49.5 Å². The van der Waals surface area contributed by atoms with E-state index in [-0.39, 0.29) is 11.9 Å². The van der Waals surface area contributed by atoms with E-state index in [0.29, 0.717) is 19.5 Å². The second-order valence-corrected chi connectivity index (χ2v) is 5.75. The number of hydrogen-bond acceptors (Lipinski definition) is 3. The van der Waals surface area contributed by atoms with E-state index in [2.05, 4.69) is 21.0 Å². The van der Waals surface area contributed by atoms with E-state index < -0.39 is 6.04 Å². The first-order chi connectivity index (χ1) is 12.1. The zero-order valence-corrected chi connectivity index (χ0v) is 14.7. The molecule has 1 aromatic heterocycles. The number of benzene rings is 1. The number of nitrogens with one attached hydrogen (secondary N) is 3. The molecule has 2 rings (SSSR count). The molecule has 0 unspecified atom stereocenters. The van der Waals surface area contributed by atoms with Crippen LogP contribution in [0.5, 0.6) is 0 Å². The van der Waals surface area contributed by atoms with Crippen molar-refractivity contribution in [3.05, 3.63) is 48.3 Å². The molecule has 25 heavy (non-hydrogen) atoms. The Labute approximate surface area is 147 Å². The van der Waals surface area contributed by atoms with Crippen molar-refractivity contribution in [2.24, 2.45) is 0 Å². The summed E-state index contributed by atoms with van der Waals surface area (Å²) in [7, 11) is 0. The topological polar surface area (TPSA) is 88.0 Å².